The SMILES string of the molecule is C[C@@H]1CCC2=NN(C(N)=S)[C@](O)(C(F)(F)F)[C@H]2C1. The Labute approximate surface area is 108 Å². The molecule has 0 aromatic rings. The van der Waals surface area contributed by atoms with Crippen molar-refractivity contribution in [2.75, 3.05) is 0 Å². The van der Waals surface area contributed by atoms with E-state index < -0.39 is 22.9 Å². The van der Waals surface area contributed by atoms with Crippen LogP contribution in [0.4, 0.5) is 13.2 Å². The minimum absolute atomic E-state index is 0.106. The minimum Gasteiger partial charge on any atom is -0.375 e. The molecule has 1 aliphatic heterocycles. The maximum absolute atomic E-state index is 13.2. The molecular formula is C10H14F3N3OS. The summed E-state index contributed by atoms with van der Waals surface area (Å²) in [4.78, 5) is 0. The monoisotopic (exact) mass is 281 g/mol. The number of hydrazone groups is 1. The van der Waals surface area contributed by atoms with E-state index in [9.17, 15) is 18.3 Å². The zero-order valence-corrected chi connectivity index (χ0v) is 10.6. The highest BCUT2D eigenvalue weighted by Crippen LogP contribution is 2.48. The number of hydrogen-bond donors (Lipinski definition) is 2. The van der Waals surface area contributed by atoms with Crippen molar-refractivity contribution < 1.29 is 18.3 Å². The van der Waals surface area contributed by atoms with Crippen LogP contribution in [-0.4, -0.2) is 32.8 Å². The molecule has 4 nitrogen and oxygen atoms in total. The molecule has 0 radical (unpaired) electrons. The van der Waals surface area contributed by atoms with E-state index in [2.05, 4.69) is 17.3 Å². The van der Waals surface area contributed by atoms with Gasteiger partial charge in [-0.25, -0.2) is 0 Å². The van der Waals surface area contributed by atoms with Crippen LogP contribution < -0.4 is 5.73 Å². The molecule has 102 valence electrons. The van der Waals surface area contributed by atoms with Gasteiger partial charge in [-0.15, -0.1) is 0 Å². The van der Waals surface area contributed by atoms with Gasteiger partial charge in [-0.2, -0.15) is 23.3 Å². The number of alkyl halides is 3. The molecule has 8 heteroatoms. The van der Waals surface area contributed by atoms with E-state index in [0.717, 1.165) is 6.42 Å². The predicted octanol–water partition coefficient (Wildman–Crippen LogP) is 1.59. The van der Waals surface area contributed by atoms with Crippen LogP contribution in [0.1, 0.15) is 26.2 Å². The molecule has 0 bridgehead atoms. The summed E-state index contributed by atoms with van der Waals surface area (Å²) in [6, 6.07) is 0. The van der Waals surface area contributed by atoms with Crippen LogP contribution in [-0.2, 0) is 0 Å². The molecule has 0 amide bonds. The Morgan fingerprint density at radius 2 is 2.22 bits per heavy atom. The third-order valence-corrected chi connectivity index (χ3v) is 3.77. The van der Waals surface area contributed by atoms with Crippen molar-refractivity contribution in [2.24, 2.45) is 22.7 Å². The predicted molar refractivity (Wildman–Crippen MR) is 63.6 cm³/mol. The lowest BCUT2D eigenvalue weighted by Crippen LogP contribution is -2.62. The first kappa shape index (κ1) is 13.5. The van der Waals surface area contributed by atoms with Gasteiger partial charge in [0.1, 0.15) is 0 Å². The number of aliphatic hydroxyl groups is 1. The molecule has 0 spiro atoms. The first-order valence-corrected chi connectivity index (χ1v) is 6.05. The largest absolute Gasteiger partial charge is 0.439 e. The standard InChI is InChI=1S/C10H14F3N3OS/c1-5-2-3-7-6(4-5)9(17,10(11,12)13)16(15-7)8(14)18/h5-6,17H,2-4H2,1H3,(H2,14,18)/t5-,6+,9-/m1/s1. The summed E-state index contributed by atoms with van der Waals surface area (Å²) >= 11 is 4.56. The average molecular weight is 281 g/mol. The number of nitrogens with two attached hydrogens (primary N) is 1. The third kappa shape index (κ3) is 1.78. The lowest BCUT2D eigenvalue weighted by Gasteiger charge is -2.39. The molecule has 0 saturated heterocycles. The molecule has 18 heavy (non-hydrogen) atoms. The molecule has 2 aliphatic rings. The molecule has 0 unspecified atom stereocenters. The van der Waals surface area contributed by atoms with E-state index in [1.54, 1.807) is 0 Å². The van der Waals surface area contributed by atoms with Crippen molar-refractivity contribution in [1.82, 2.24) is 5.01 Å². The van der Waals surface area contributed by atoms with Crippen molar-refractivity contribution >= 4 is 23.0 Å². The molecule has 1 saturated carbocycles. The highest BCUT2D eigenvalue weighted by Gasteiger charge is 2.68. The summed E-state index contributed by atoms with van der Waals surface area (Å²) in [7, 11) is 0. The van der Waals surface area contributed by atoms with Crippen molar-refractivity contribution in [3.05, 3.63) is 0 Å². The summed E-state index contributed by atoms with van der Waals surface area (Å²) in [5.41, 5.74) is 2.49. The lowest BCUT2D eigenvalue weighted by molar-refractivity contribution is -0.310. The molecular weight excluding hydrogens is 267 g/mol. The minimum atomic E-state index is -4.86. The van der Waals surface area contributed by atoms with Gasteiger partial charge in [0.15, 0.2) is 5.11 Å². The van der Waals surface area contributed by atoms with Crippen LogP contribution in [0.2, 0.25) is 0 Å². The maximum Gasteiger partial charge on any atom is 0.439 e. The second-order valence-electron chi connectivity index (χ2n) is 4.90. The fraction of sp³-hybridized carbons (Fsp3) is 0.800. The van der Waals surface area contributed by atoms with Gasteiger partial charge in [0.2, 0.25) is 0 Å². The van der Waals surface area contributed by atoms with E-state index in [1.807, 2.05) is 6.92 Å². The van der Waals surface area contributed by atoms with Gasteiger partial charge in [0, 0.05) is 5.71 Å². The number of fused-ring (bicyclic) bond motifs is 1. The Kier molecular flexibility index (Phi) is 3.05. The fourth-order valence-corrected chi connectivity index (χ4v) is 2.81. The van der Waals surface area contributed by atoms with Gasteiger partial charge < -0.3 is 10.8 Å². The third-order valence-electron chi connectivity index (χ3n) is 3.60. The molecule has 2 rings (SSSR count). The molecule has 1 aliphatic carbocycles. The smallest absolute Gasteiger partial charge is 0.375 e. The number of nitrogens with zero attached hydrogens (tertiary/aromatic N) is 2. The van der Waals surface area contributed by atoms with Crippen LogP contribution >= 0.6 is 12.2 Å². The Morgan fingerprint density at radius 1 is 1.61 bits per heavy atom. The zero-order valence-electron chi connectivity index (χ0n) is 9.74. The molecule has 1 fully saturated rings. The second kappa shape index (κ2) is 4.06. The fourth-order valence-electron chi connectivity index (χ4n) is 2.63. The number of thiocarbonyl (C=S) groups is 1. The zero-order chi connectivity index (χ0) is 13.7. The number of hydrogen-bond acceptors (Lipinski definition) is 3. The van der Waals surface area contributed by atoms with Crippen LogP contribution in [0.15, 0.2) is 5.10 Å². The Balaban J connectivity index is 2.45. The van der Waals surface area contributed by atoms with Gasteiger partial charge in [0.05, 0.1) is 5.92 Å². The molecule has 0 aromatic heterocycles. The van der Waals surface area contributed by atoms with Crippen molar-refractivity contribution in [2.45, 2.75) is 38.1 Å². The molecule has 3 atom stereocenters. The molecule has 0 aromatic carbocycles. The van der Waals surface area contributed by atoms with Crippen molar-refractivity contribution in [3.8, 4) is 0 Å². The first-order valence-electron chi connectivity index (χ1n) is 5.64. The van der Waals surface area contributed by atoms with Crippen molar-refractivity contribution in [3.63, 3.8) is 0 Å². The van der Waals surface area contributed by atoms with Crippen molar-refractivity contribution in [1.29, 1.82) is 0 Å². The first-order chi connectivity index (χ1) is 8.18. The lowest BCUT2D eigenvalue weighted by atomic mass is 9.76. The van der Waals surface area contributed by atoms with Gasteiger partial charge >= 0.3 is 6.18 Å². The van der Waals surface area contributed by atoms with Crippen LogP contribution in [0.3, 0.4) is 0 Å². The van der Waals surface area contributed by atoms with Crippen LogP contribution in [0.5, 0.6) is 0 Å². The summed E-state index contributed by atoms with van der Waals surface area (Å²) in [6.45, 7) is 1.86. The van der Waals surface area contributed by atoms with Gasteiger partial charge in [-0.3, -0.25) is 0 Å². The van der Waals surface area contributed by atoms with E-state index in [4.69, 9.17) is 5.73 Å². The second-order valence-corrected chi connectivity index (χ2v) is 5.32. The van der Waals surface area contributed by atoms with E-state index in [1.165, 1.54) is 0 Å². The summed E-state index contributed by atoms with van der Waals surface area (Å²) in [5, 5.41) is 13.6. The number of halogens is 3. The molecule has 1 heterocycles. The Bertz CT molecular complexity index is 412. The average Bonchev–Trinajstić information content (AvgIpc) is 2.53. The number of rotatable bonds is 0. The van der Waals surface area contributed by atoms with Crippen LogP contribution in [0, 0.1) is 11.8 Å². The summed E-state index contributed by atoms with van der Waals surface area (Å²) < 4.78 is 39.5. The topological polar surface area (TPSA) is 61.8 Å². The van der Waals surface area contributed by atoms with Gasteiger partial charge in [-0.05, 0) is 37.4 Å². The quantitative estimate of drug-likeness (QED) is 0.662. The van der Waals surface area contributed by atoms with E-state index in [-0.39, 0.29) is 12.3 Å². The van der Waals surface area contributed by atoms with Gasteiger partial charge in [0.25, 0.3) is 5.72 Å². The maximum atomic E-state index is 13.2. The van der Waals surface area contributed by atoms with E-state index in [0.29, 0.717) is 17.1 Å². The summed E-state index contributed by atoms with van der Waals surface area (Å²) in [6.07, 6.45) is -3.44. The normalized spacial score (nSPS) is 36.3. The molecule has 3 N–H and O–H groups in total. The van der Waals surface area contributed by atoms with E-state index >= 15 is 0 Å². The Morgan fingerprint density at radius 3 is 2.72 bits per heavy atom. The van der Waals surface area contributed by atoms with Crippen LogP contribution in [0.25, 0.3) is 0 Å². The highest BCUT2D eigenvalue weighted by molar-refractivity contribution is 7.80. The summed E-state index contributed by atoms with van der Waals surface area (Å²) in [5.74, 6) is -0.975. The van der Waals surface area contributed by atoms with Gasteiger partial charge in [-0.1, -0.05) is 6.92 Å². The highest BCUT2D eigenvalue weighted by atomic mass is 32.1. The Hall–Kier alpha value is -0.890.